The molecule has 4 nitrogen and oxygen atoms in total. The van der Waals surface area contributed by atoms with Crippen LogP contribution in [0.2, 0.25) is 0 Å². The van der Waals surface area contributed by atoms with E-state index in [4.69, 9.17) is 0 Å². The number of likely N-dealkylation sites (N-methyl/N-ethyl adjacent to an activating group) is 1. The van der Waals surface area contributed by atoms with Crippen LogP contribution in [0.1, 0.15) is 49.7 Å². The predicted octanol–water partition coefficient (Wildman–Crippen LogP) is 4.40. The van der Waals surface area contributed by atoms with Crippen LogP contribution in [0.5, 0.6) is 0 Å². The third-order valence-electron chi connectivity index (χ3n) is 7.04. The Kier molecular flexibility index (Phi) is 5.47. The predicted molar refractivity (Wildman–Crippen MR) is 116 cm³/mol. The van der Waals surface area contributed by atoms with Crippen molar-refractivity contribution in [2.75, 3.05) is 24.7 Å². The highest BCUT2D eigenvalue weighted by molar-refractivity contribution is 8.01. The van der Waals surface area contributed by atoms with Crippen LogP contribution in [-0.4, -0.2) is 40.8 Å². The molecule has 0 saturated heterocycles. The third-order valence-corrected chi connectivity index (χ3v) is 8.54. The summed E-state index contributed by atoms with van der Waals surface area (Å²) in [7, 11) is 1.74. The first-order valence-corrected chi connectivity index (χ1v) is 11.6. The van der Waals surface area contributed by atoms with Gasteiger partial charge in [-0.2, -0.15) is 0 Å². The minimum atomic E-state index is -0.131. The highest BCUT2D eigenvalue weighted by Crippen LogP contribution is 2.60. The lowest BCUT2D eigenvalue weighted by atomic mass is 9.56. The van der Waals surface area contributed by atoms with Crippen molar-refractivity contribution in [3.8, 4) is 0 Å². The Hall–Kier alpha value is -1.49. The summed E-state index contributed by atoms with van der Waals surface area (Å²) in [5, 5.41) is 2.98. The quantitative estimate of drug-likeness (QED) is 0.770. The average molecular weight is 401 g/mol. The Morgan fingerprint density at radius 3 is 2.14 bits per heavy atom. The van der Waals surface area contributed by atoms with E-state index < -0.39 is 0 Å². The monoisotopic (exact) mass is 400 g/mol. The van der Waals surface area contributed by atoms with E-state index in [0.29, 0.717) is 10.5 Å². The second-order valence-electron chi connectivity index (χ2n) is 9.45. The molecule has 5 heteroatoms. The Morgan fingerprint density at radius 2 is 1.61 bits per heavy atom. The Labute approximate surface area is 172 Å². The number of nitrogens with zero attached hydrogens (tertiary/aromatic N) is 1. The molecule has 5 rings (SSSR count). The molecule has 4 aliphatic rings. The van der Waals surface area contributed by atoms with Gasteiger partial charge >= 0.3 is 0 Å². The summed E-state index contributed by atoms with van der Waals surface area (Å²) >= 11 is 1.88. The molecule has 152 valence electrons. The van der Waals surface area contributed by atoms with E-state index in [1.54, 1.807) is 11.9 Å². The maximum atomic E-state index is 12.7. The molecule has 0 unspecified atom stereocenters. The summed E-state index contributed by atoms with van der Waals surface area (Å²) in [4.78, 5) is 26.7. The minimum absolute atomic E-state index is 0.0670. The van der Waals surface area contributed by atoms with Crippen LogP contribution in [0.3, 0.4) is 0 Å². The summed E-state index contributed by atoms with van der Waals surface area (Å²) < 4.78 is 0.339. The van der Waals surface area contributed by atoms with E-state index in [1.165, 1.54) is 38.5 Å². The van der Waals surface area contributed by atoms with Gasteiger partial charge in [0, 0.05) is 17.5 Å². The summed E-state index contributed by atoms with van der Waals surface area (Å²) in [6.07, 6.45) is 8.17. The third kappa shape index (κ3) is 4.10. The van der Waals surface area contributed by atoms with Gasteiger partial charge in [0.1, 0.15) is 0 Å². The topological polar surface area (TPSA) is 49.4 Å². The van der Waals surface area contributed by atoms with E-state index in [-0.39, 0.29) is 18.4 Å². The van der Waals surface area contributed by atoms with Crippen LogP contribution in [0.4, 0.5) is 5.69 Å². The lowest BCUT2D eigenvalue weighted by Gasteiger charge is -2.56. The Morgan fingerprint density at radius 1 is 1.07 bits per heavy atom. The fourth-order valence-corrected chi connectivity index (χ4v) is 7.74. The molecular formula is C23H32N2O2S. The van der Waals surface area contributed by atoms with Gasteiger partial charge in [0.05, 0.1) is 12.3 Å². The number of anilines is 1. The van der Waals surface area contributed by atoms with Gasteiger partial charge in [-0.05, 0) is 81.3 Å². The van der Waals surface area contributed by atoms with Crippen molar-refractivity contribution in [3.63, 3.8) is 0 Å². The number of hydrogen-bond acceptors (Lipinski definition) is 3. The molecule has 2 amide bonds. The van der Waals surface area contributed by atoms with Crippen LogP contribution in [-0.2, 0) is 9.59 Å². The van der Waals surface area contributed by atoms with Gasteiger partial charge < -0.3 is 10.2 Å². The first kappa shape index (κ1) is 19.8. The molecule has 28 heavy (non-hydrogen) atoms. The molecule has 1 aromatic rings. The lowest BCUT2D eigenvalue weighted by Crippen LogP contribution is -2.49. The summed E-state index contributed by atoms with van der Waals surface area (Å²) in [6, 6.07) is 5.96. The van der Waals surface area contributed by atoms with Crippen molar-refractivity contribution in [2.45, 2.75) is 57.1 Å². The zero-order valence-electron chi connectivity index (χ0n) is 17.3. The van der Waals surface area contributed by atoms with Crippen molar-refractivity contribution < 1.29 is 9.59 Å². The van der Waals surface area contributed by atoms with Crippen molar-refractivity contribution in [2.24, 2.45) is 17.8 Å². The van der Waals surface area contributed by atoms with Crippen LogP contribution in [0.25, 0.3) is 0 Å². The standard InChI is InChI=1S/C23H32N2O2S/c1-15-5-4-6-16(2)22(15)24-20(26)13-25(3)21(27)14-28-23-10-17-7-18(11-23)9-19(8-17)12-23/h4-6,17-19H,7-14H2,1-3H3,(H,24,26). The number of rotatable bonds is 6. The number of carbonyl (C=O) groups is 2. The van der Waals surface area contributed by atoms with Gasteiger partial charge in [-0.3, -0.25) is 9.59 Å². The summed E-state index contributed by atoms with van der Waals surface area (Å²) in [5.74, 6) is 3.13. The van der Waals surface area contributed by atoms with Crippen LogP contribution >= 0.6 is 11.8 Å². The van der Waals surface area contributed by atoms with Crippen LogP contribution in [0.15, 0.2) is 18.2 Å². The normalized spacial score (nSPS) is 30.3. The molecule has 0 atom stereocenters. The van der Waals surface area contributed by atoms with Gasteiger partial charge in [0.25, 0.3) is 0 Å². The molecule has 0 heterocycles. The van der Waals surface area contributed by atoms with Crippen LogP contribution < -0.4 is 5.32 Å². The molecule has 4 saturated carbocycles. The zero-order valence-corrected chi connectivity index (χ0v) is 18.1. The van der Waals surface area contributed by atoms with Crippen LogP contribution in [0, 0.1) is 31.6 Å². The van der Waals surface area contributed by atoms with Gasteiger partial charge in [0.2, 0.25) is 11.8 Å². The SMILES string of the molecule is Cc1cccc(C)c1NC(=O)CN(C)C(=O)CSC12CC3CC(CC(C3)C1)C2. The largest absolute Gasteiger partial charge is 0.336 e. The van der Waals surface area contributed by atoms with E-state index >= 15 is 0 Å². The summed E-state index contributed by atoms with van der Waals surface area (Å²) in [6.45, 7) is 4.08. The van der Waals surface area contributed by atoms with Gasteiger partial charge in [-0.1, -0.05) is 18.2 Å². The number of para-hydroxylation sites is 1. The van der Waals surface area contributed by atoms with Gasteiger partial charge in [-0.25, -0.2) is 0 Å². The molecule has 4 aliphatic carbocycles. The number of nitrogens with one attached hydrogen (secondary N) is 1. The first-order chi connectivity index (χ1) is 13.3. The number of thioether (sulfide) groups is 1. The molecule has 1 aromatic carbocycles. The maximum absolute atomic E-state index is 12.7. The zero-order chi connectivity index (χ0) is 19.9. The number of benzene rings is 1. The second-order valence-corrected chi connectivity index (χ2v) is 10.9. The molecule has 0 radical (unpaired) electrons. The second kappa shape index (κ2) is 7.74. The lowest BCUT2D eigenvalue weighted by molar-refractivity contribution is -0.131. The number of carbonyl (C=O) groups excluding carboxylic acids is 2. The van der Waals surface area contributed by atoms with Crippen molar-refractivity contribution in [1.29, 1.82) is 0 Å². The maximum Gasteiger partial charge on any atom is 0.243 e. The average Bonchev–Trinajstić information content (AvgIpc) is 2.62. The molecule has 4 fully saturated rings. The fraction of sp³-hybridized carbons (Fsp3) is 0.652. The Bertz CT molecular complexity index is 720. The smallest absolute Gasteiger partial charge is 0.243 e. The number of amides is 2. The fourth-order valence-electron chi connectivity index (χ4n) is 6.03. The number of aryl methyl sites for hydroxylation is 2. The van der Waals surface area contributed by atoms with E-state index in [1.807, 2.05) is 43.8 Å². The Balaban J connectivity index is 1.29. The molecule has 0 aromatic heterocycles. The van der Waals surface area contributed by atoms with E-state index in [0.717, 1.165) is 34.6 Å². The van der Waals surface area contributed by atoms with Crippen molar-refractivity contribution >= 4 is 29.3 Å². The highest BCUT2D eigenvalue weighted by Gasteiger charge is 2.51. The molecule has 0 aliphatic heterocycles. The molecular weight excluding hydrogens is 368 g/mol. The summed E-state index contributed by atoms with van der Waals surface area (Å²) in [5.41, 5.74) is 2.94. The van der Waals surface area contributed by atoms with Crippen molar-refractivity contribution in [1.82, 2.24) is 4.90 Å². The van der Waals surface area contributed by atoms with Gasteiger partial charge in [-0.15, -0.1) is 11.8 Å². The van der Waals surface area contributed by atoms with E-state index in [2.05, 4.69) is 5.32 Å². The molecule has 0 spiro atoms. The number of hydrogen-bond donors (Lipinski definition) is 1. The highest BCUT2D eigenvalue weighted by atomic mass is 32.2. The first-order valence-electron chi connectivity index (χ1n) is 10.6. The molecule has 4 bridgehead atoms. The van der Waals surface area contributed by atoms with Crippen molar-refractivity contribution in [3.05, 3.63) is 29.3 Å². The van der Waals surface area contributed by atoms with E-state index in [9.17, 15) is 9.59 Å². The van der Waals surface area contributed by atoms with Gasteiger partial charge in [0.15, 0.2) is 0 Å². The molecule has 1 N–H and O–H groups in total. The minimum Gasteiger partial charge on any atom is -0.336 e.